The zero-order valence-corrected chi connectivity index (χ0v) is 12.2. The van der Waals surface area contributed by atoms with Crippen molar-refractivity contribution in [1.82, 2.24) is 5.32 Å². The summed E-state index contributed by atoms with van der Waals surface area (Å²) in [6, 6.07) is 7.49. The monoisotopic (exact) mass is 278 g/mol. The van der Waals surface area contributed by atoms with E-state index < -0.39 is 0 Å². The fourth-order valence-electron chi connectivity index (χ4n) is 2.22. The second kappa shape index (κ2) is 6.72. The molecule has 20 heavy (non-hydrogen) atoms. The van der Waals surface area contributed by atoms with Gasteiger partial charge in [0.1, 0.15) is 5.75 Å². The summed E-state index contributed by atoms with van der Waals surface area (Å²) >= 11 is 0. The molecule has 1 aliphatic heterocycles. The molecule has 2 N–H and O–H groups in total. The van der Waals surface area contributed by atoms with Crippen molar-refractivity contribution in [3.8, 4) is 5.75 Å². The van der Waals surface area contributed by atoms with E-state index in [2.05, 4.69) is 10.6 Å². The molecule has 110 valence electrons. The van der Waals surface area contributed by atoms with Crippen molar-refractivity contribution in [1.29, 1.82) is 0 Å². The summed E-state index contributed by atoms with van der Waals surface area (Å²) in [5, 5.41) is 6.02. The third-order valence-corrected chi connectivity index (χ3v) is 3.28. The molecule has 1 aromatic carbocycles. The zero-order valence-electron chi connectivity index (χ0n) is 12.2. The lowest BCUT2D eigenvalue weighted by Crippen LogP contribution is -2.39. The zero-order chi connectivity index (χ0) is 14.5. The van der Waals surface area contributed by atoms with Crippen molar-refractivity contribution < 1.29 is 14.3 Å². The lowest BCUT2D eigenvalue weighted by molar-refractivity contribution is -0.120. The Morgan fingerprint density at radius 3 is 2.60 bits per heavy atom. The smallest absolute Gasteiger partial charge is 0.231 e. The van der Waals surface area contributed by atoms with E-state index in [1.807, 2.05) is 45.2 Å². The molecule has 0 aliphatic carbocycles. The molecular weight excluding hydrogens is 256 g/mol. The van der Waals surface area contributed by atoms with Crippen molar-refractivity contribution in [2.24, 2.45) is 5.92 Å². The van der Waals surface area contributed by atoms with Crippen LogP contribution in [0.4, 0.5) is 5.69 Å². The van der Waals surface area contributed by atoms with Crippen LogP contribution in [-0.4, -0.2) is 38.3 Å². The highest BCUT2D eigenvalue weighted by atomic mass is 16.5. The fraction of sp³-hybridized carbons (Fsp3) is 0.533. The Balaban J connectivity index is 1.94. The minimum absolute atomic E-state index is 0.0145. The van der Waals surface area contributed by atoms with Crippen LogP contribution in [0.25, 0.3) is 0 Å². The Labute approximate surface area is 119 Å². The lowest BCUT2D eigenvalue weighted by atomic mass is 10.0. The Morgan fingerprint density at radius 2 is 2.00 bits per heavy atom. The van der Waals surface area contributed by atoms with Crippen molar-refractivity contribution in [3.05, 3.63) is 24.3 Å². The van der Waals surface area contributed by atoms with Gasteiger partial charge in [0.25, 0.3) is 0 Å². The van der Waals surface area contributed by atoms with Gasteiger partial charge in [-0.1, -0.05) is 0 Å². The molecule has 2 rings (SSSR count). The van der Waals surface area contributed by atoms with Gasteiger partial charge in [0.2, 0.25) is 5.91 Å². The van der Waals surface area contributed by atoms with Gasteiger partial charge in [-0.05, 0) is 45.2 Å². The van der Waals surface area contributed by atoms with E-state index in [4.69, 9.17) is 9.47 Å². The maximum atomic E-state index is 12.2. The van der Waals surface area contributed by atoms with E-state index in [9.17, 15) is 4.79 Å². The largest absolute Gasteiger partial charge is 0.491 e. The predicted molar refractivity (Wildman–Crippen MR) is 78.0 cm³/mol. The molecule has 1 saturated heterocycles. The molecule has 0 aromatic heterocycles. The standard InChI is InChI=1S/C15H22N2O3/c1-10(2)20-12-6-4-11(5-7-12)17-15(18)13-8-19-9-14(13)16-3/h4-7,10,13-14,16H,8-9H2,1-3H3,(H,17,18). The number of nitrogens with one attached hydrogen (secondary N) is 2. The molecule has 1 aliphatic rings. The molecule has 2 atom stereocenters. The number of carbonyl (C=O) groups excluding carboxylic acids is 1. The quantitative estimate of drug-likeness (QED) is 0.860. The number of hydrogen-bond acceptors (Lipinski definition) is 4. The SMILES string of the molecule is CNC1COCC1C(=O)Nc1ccc(OC(C)C)cc1. The molecule has 1 fully saturated rings. The molecule has 1 aromatic rings. The first kappa shape index (κ1) is 14.8. The molecule has 2 unspecified atom stereocenters. The Morgan fingerprint density at radius 1 is 1.30 bits per heavy atom. The van der Waals surface area contributed by atoms with Gasteiger partial charge in [-0.15, -0.1) is 0 Å². The van der Waals surface area contributed by atoms with E-state index in [0.29, 0.717) is 13.2 Å². The molecule has 0 saturated carbocycles. The first-order valence-electron chi connectivity index (χ1n) is 6.92. The fourth-order valence-corrected chi connectivity index (χ4v) is 2.22. The van der Waals surface area contributed by atoms with Crippen LogP contribution in [-0.2, 0) is 9.53 Å². The highest BCUT2D eigenvalue weighted by Gasteiger charge is 2.32. The number of carbonyl (C=O) groups is 1. The minimum atomic E-state index is -0.147. The van der Waals surface area contributed by atoms with E-state index in [1.54, 1.807) is 0 Å². The average Bonchev–Trinajstić information content (AvgIpc) is 2.89. The van der Waals surface area contributed by atoms with Gasteiger partial charge in [-0.25, -0.2) is 0 Å². The average molecular weight is 278 g/mol. The number of amides is 1. The van der Waals surface area contributed by atoms with Crippen LogP contribution in [0.2, 0.25) is 0 Å². The molecular formula is C15H22N2O3. The second-order valence-corrected chi connectivity index (χ2v) is 5.22. The number of anilines is 1. The van der Waals surface area contributed by atoms with E-state index in [1.165, 1.54) is 0 Å². The summed E-state index contributed by atoms with van der Waals surface area (Å²) in [4.78, 5) is 12.2. The molecule has 1 amide bonds. The first-order valence-corrected chi connectivity index (χ1v) is 6.92. The van der Waals surface area contributed by atoms with E-state index in [-0.39, 0.29) is 24.0 Å². The Hall–Kier alpha value is -1.59. The first-order chi connectivity index (χ1) is 9.60. The second-order valence-electron chi connectivity index (χ2n) is 5.22. The third-order valence-electron chi connectivity index (χ3n) is 3.28. The van der Waals surface area contributed by atoms with Crippen LogP contribution in [0.3, 0.4) is 0 Å². The molecule has 0 spiro atoms. The van der Waals surface area contributed by atoms with Crippen LogP contribution >= 0.6 is 0 Å². The van der Waals surface area contributed by atoms with Crippen LogP contribution in [0.15, 0.2) is 24.3 Å². The highest BCUT2D eigenvalue weighted by Crippen LogP contribution is 2.19. The molecule has 5 heteroatoms. The number of rotatable bonds is 5. The lowest BCUT2D eigenvalue weighted by Gasteiger charge is -2.16. The van der Waals surface area contributed by atoms with Gasteiger partial charge in [-0.2, -0.15) is 0 Å². The maximum absolute atomic E-state index is 12.2. The number of likely N-dealkylation sites (N-methyl/N-ethyl adjacent to an activating group) is 1. The van der Waals surface area contributed by atoms with E-state index in [0.717, 1.165) is 11.4 Å². The van der Waals surface area contributed by atoms with Gasteiger partial charge >= 0.3 is 0 Å². The third kappa shape index (κ3) is 3.71. The van der Waals surface area contributed by atoms with Crippen molar-refractivity contribution >= 4 is 11.6 Å². The van der Waals surface area contributed by atoms with Crippen molar-refractivity contribution in [3.63, 3.8) is 0 Å². The summed E-state index contributed by atoms with van der Waals surface area (Å²) in [6.45, 7) is 5.00. The highest BCUT2D eigenvalue weighted by molar-refractivity contribution is 5.93. The van der Waals surface area contributed by atoms with Gasteiger partial charge in [-0.3, -0.25) is 4.79 Å². The summed E-state index contributed by atoms with van der Waals surface area (Å²) in [5.41, 5.74) is 0.771. The molecule has 0 radical (unpaired) electrons. The van der Waals surface area contributed by atoms with Crippen LogP contribution < -0.4 is 15.4 Å². The summed E-state index contributed by atoms with van der Waals surface area (Å²) in [5.74, 6) is 0.640. The molecule has 1 heterocycles. The number of ether oxygens (including phenoxy) is 2. The topological polar surface area (TPSA) is 59.6 Å². The summed E-state index contributed by atoms with van der Waals surface area (Å²) < 4.78 is 10.9. The minimum Gasteiger partial charge on any atom is -0.491 e. The van der Waals surface area contributed by atoms with Crippen molar-refractivity contribution in [2.75, 3.05) is 25.6 Å². The normalized spacial score (nSPS) is 22.0. The predicted octanol–water partition coefficient (Wildman–Crippen LogP) is 1.65. The Kier molecular flexibility index (Phi) is 4.98. The summed E-state index contributed by atoms with van der Waals surface area (Å²) in [6.07, 6.45) is 0.141. The molecule has 5 nitrogen and oxygen atoms in total. The van der Waals surface area contributed by atoms with E-state index >= 15 is 0 Å². The van der Waals surface area contributed by atoms with Gasteiger partial charge in [0, 0.05) is 11.7 Å². The van der Waals surface area contributed by atoms with Crippen LogP contribution in [0.1, 0.15) is 13.8 Å². The van der Waals surface area contributed by atoms with Gasteiger partial charge in [0.15, 0.2) is 0 Å². The Bertz CT molecular complexity index is 445. The van der Waals surface area contributed by atoms with Crippen LogP contribution in [0.5, 0.6) is 5.75 Å². The van der Waals surface area contributed by atoms with Gasteiger partial charge in [0.05, 0.1) is 25.2 Å². The number of benzene rings is 1. The number of hydrogen-bond donors (Lipinski definition) is 2. The van der Waals surface area contributed by atoms with Crippen molar-refractivity contribution in [2.45, 2.75) is 26.0 Å². The molecule has 0 bridgehead atoms. The van der Waals surface area contributed by atoms with Crippen LogP contribution in [0, 0.1) is 5.92 Å². The maximum Gasteiger partial charge on any atom is 0.231 e. The summed E-state index contributed by atoms with van der Waals surface area (Å²) in [7, 11) is 1.84. The van der Waals surface area contributed by atoms with Gasteiger partial charge < -0.3 is 20.1 Å².